The van der Waals surface area contributed by atoms with Crippen LogP contribution < -0.4 is 16.0 Å². The monoisotopic (exact) mass is 603 g/mol. The Hall–Kier alpha value is -4.77. The fraction of sp³-hybridized carbons (Fsp3) is 0.364. The van der Waals surface area contributed by atoms with Gasteiger partial charge in [0.2, 0.25) is 18.2 Å². The first-order valence-electron chi connectivity index (χ1n) is 14.8. The predicted octanol–water partition coefficient (Wildman–Crippen LogP) is 4.48. The third-order valence-corrected chi connectivity index (χ3v) is 7.22. The molecule has 0 spiro atoms. The highest BCUT2D eigenvalue weighted by Gasteiger charge is 2.31. The third-order valence-electron chi connectivity index (χ3n) is 7.22. The van der Waals surface area contributed by atoms with E-state index in [4.69, 9.17) is 4.74 Å². The number of anilines is 1. The van der Waals surface area contributed by atoms with E-state index in [2.05, 4.69) is 20.9 Å². The lowest BCUT2D eigenvalue weighted by Crippen LogP contribution is -2.50. The maximum atomic E-state index is 13.5. The molecule has 1 heterocycles. The molecule has 3 atom stereocenters. The van der Waals surface area contributed by atoms with Crippen LogP contribution in [0.4, 0.5) is 10.6 Å². The van der Waals surface area contributed by atoms with E-state index in [9.17, 15) is 24.4 Å². The Morgan fingerprint density at radius 1 is 0.886 bits per heavy atom. The number of pyridine rings is 1. The molecule has 0 aliphatic carbocycles. The maximum absolute atomic E-state index is 13.5. The van der Waals surface area contributed by atoms with Crippen molar-refractivity contribution in [3.8, 4) is 0 Å². The first-order chi connectivity index (χ1) is 21.4. The second kappa shape index (κ2) is 18.7. The quantitative estimate of drug-likeness (QED) is 0.0725. The van der Waals surface area contributed by atoms with Gasteiger partial charge in [0.1, 0.15) is 18.5 Å². The number of aryl methyl sites for hydroxylation is 1. The number of ether oxygens (including phenoxy) is 1. The van der Waals surface area contributed by atoms with Gasteiger partial charge in [-0.3, -0.25) is 19.6 Å². The summed E-state index contributed by atoms with van der Waals surface area (Å²) in [7, 11) is 0. The minimum atomic E-state index is -0.915. The SMILES string of the molecule is C[C@@H]([C@@H](CCCc1ccccc1)C(=O)N[C@@H](CCCCNC(=O)OCc1ccccc1)C(=O)Nc1ccccn1)N(O)C=O. The largest absolute Gasteiger partial charge is 0.445 e. The van der Waals surface area contributed by atoms with Crippen molar-refractivity contribution < 1.29 is 29.1 Å². The molecule has 3 rings (SSSR count). The van der Waals surface area contributed by atoms with E-state index in [1.54, 1.807) is 31.3 Å². The molecular weight excluding hydrogens is 562 g/mol. The minimum Gasteiger partial charge on any atom is -0.445 e. The lowest BCUT2D eigenvalue weighted by molar-refractivity contribution is -0.166. The summed E-state index contributed by atoms with van der Waals surface area (Å²) >= 11 is 0. The van der Waals surface area contributed by atoms with Crippen LogP contribution in [0.5, 0.6) is 0 Å². The molecule has 11 nitrogen and oxygen atoms in total. The van der Waals surface area contributed by atoms with Gasteiger partial charge in [-0.25, -0.2) is 14.8 Å². The van der Waals surface area contributed by atoms with Crippen LogP contribution in [0.1, 0.15) is 50.2 Å². The summed E-state index contributed by atoms with van der Waals surface area (Å²) in [5, 5.41) is 18.9. The third kappa shape index (κ3) is 11.8. The summed E-state index contributed by atoms with van der Waals surface area (Å²) in [5.41, 5.74) is 1.99. The topological polar surface area (TPSA) is 150 Å². The van der Waals surface area contributed by atoms with Gasteiger partial charge in [0.15, 0.2) is 0 Å². The zero-order chi connectivity index (χ0) is 31.6. The van der Waals surface area contributed by atoms with Crippen LogP contribution in [0.25, 0.3) is 0 Å². The van der Waals surface area contributed by atoms with Crippen molar-refractivity contribution in [2.45, 2.75) is 64.1 Å². The lowest BCUT2D eigenvalue weighted by Gasteiger charge is -2.29. The molecule has 4 N–H and O–H groups in total. The molecule has 4 amide bonds. The van der Waals surface area contributed by atoms with Gasteiger partial charge in [0.05, 0.1) is 12.0 Å². The molecule has 0 unspecified atom stereocenters. The van der Waals surface area contributed by atoms with Crippen LogP contribution in [-0.2, 0) is 32.1 Å². The van der Waals surface area contributed by atoms with Gasteiger partial charge in [-0.05, 0) is 68.7 Å². The van der Waals surface area contributed by atoms with E-state index in [1.165, 1.54) is 0 Å². The Kier molecular flexibility index (Phi) is 14.3. The maximum Gasteiger partial charge on any atom is 0.407 e. The van der Waals surface area contributed by atoms with E-state index < -0.39 is 35.9 Å². The number of carbonyl (C=O) groups is 4. The van der Waals surface area contributed by atoms with E-state index in [-0.39, 0.29) is 19.4 Å². The number of nitrogens with zero attached hydrogens (tertiary/aromatic N) is 2. The number of alkyl carbamates (subject to hydrolysis) is 1. The van der Waals surface area contributed by atoms with Crippen LogP contribution >= 0.6 is 0 Å². The first-order valence-corrected chi connectivity index (χ1v) is 14.8. The van der Waals surface area contributed by atoms with Crippen LogP contribution in [0.15, 0.2) is 85.1 Å². The number of hydroxylamine groups is 2. The highest BCUT2D eigenvalue weighted by Crippen LogP contribution is 2.19. The summed E-state index contributed by atoms with van der Waals surface area (Å²) in [6.45, 7) is 2.08. The zero-order valence-electron chi connectivity index (χ0n) is 24.9. The Morgan fingerprint density at radius 3 is 2.23 bits per heavy atom. The number of carbonyl (C=O) groups excluding carboxylic acids is 4. The van der Waals surface area contributed by atoms with Gasteiger partial charge in [0.25, 0.3) is 0 Å². The minimum absolute atomic E-state index is 0.161. The Balaban J connectivity index is 1.58. The molecule has 1 aromatic heterocycles. The van der Waals surface area contributed by atoms with Gasteiger partial charge in [-0.15, -0.1) is 0 Å². The molecule has 0 saturated heterocycles. The van der Waals surface area contributed by atoms with E-state index in [1.807, 2.05) is 60.7 Å². The van der Waals surface area contributed by atoms with Crippen molar-refractivity contribution in [3.63, 3.8) is 0 Å². The molecule has 0 aliphatic heterocycles. The fourth-order valence-corrected chi connectivity index (χ4v) is 4.68. The van der Waals surface area contributed by atoms with E-state index in [0.717, 1.165) is 11.1 Å². The van der Waals surface area contributed by atoms with Gasteiger partial charge in [-0.2, -0.15) is 0 Å². The second-order valence-corrected chi connectivity index (χ2v) is 10.5. The van der Waals surface area contributed by atoms with Crippen molar-refractivity contribution in [2.24, 2.45) is 5.92 Å². The molecule has 11 heteroatoms. The molecular formula is C33H41N5O6. The molecule has 0 saturated carbocycles. The summed E-state index contributed by atoms with van der Waals surface area (Å²) in [6, 6.07) is 22.5. The van der Waals surface area contributed by atoms with Crippen LogP contribution in [0.2, 0.25) is 0 Å². The average Bonchev–Trinajstić information content (AvgIpc) is 3.05. The molecule has 44 heavy (non-hydrogen) atoms. The van der Waals surface area contributed by atoms with Gasteiger partial charge in [0, 0.05) is 12.7 Å². The summed E-state index contributed by atoms with van der Waals surface area (Å²) in [6.07, 6.45) is 4.34. The van der Waals surface area contributed by atoms with Crippen molar-refractivity contribution in [3.05, 3.63) is 96.2 Å². The molecule has 3 aromatic rings. The number of unbranched alkanes of at least 4 members (excludes halogenated alkanes) is 1. The number of hydrogen-bond donors (Lipinski definition) is 4. The molecule has 0 fully saturated rings. The van der Waals surface area contributed by atoms with Crippen molar-refractivity contribution in [1.29, 1.82) is 0 Å². The summed E-state index contributed by atoms with van der Waals surface area (Å²) < 4.78 is 5.22. The lowest BCUT2D eigenvalue weighted by atomic mass is 9.92. The number of amides is 4. The van der Waals surface area contributed by atoms with Gasteiger partial charge < -0.3 is 20.7 Å². The number of aromatic nitrogens is 1. The molecule has 0 radical (unpaired) electrons. The number of benzene rings is 2. The van der Waals surface area contributed by atoms with Crippen molar-refractivity contribution in [2.75, 3.05) is 11.9 Å². The first kappa shape index (κ1) is 33.7. The Morgan fingerprint density at radius 2 is 1.57 bits per heavy atom. The highest BCUT2D eigenvalue weighted by atomic mass is 16.5. The number of rotatable bonds is 18. The molecule has 0 bridgehead atoms. The second-order valence-electron chi connectivity index (χ2n) is 10.5. The van der Waals surface area contributed by atoms with E-state index in [0.29, 0.717) is 49.5 Å². The van der Waals surface area contributed by atoms with Gasteiger partial charge in [-0.1, -0.05) is 66.7 Å². The molecule has 2 aromatic carbocycles. The highest BCUT2D eigenvalue weighted by molar-refractivity contribution is 5.96. The van der Waals surface area contributed by atoms with Crippen LogP contribution in [0, 0.1) is 5.92 Å². The smallest absolute Gasteiger partial charge is 0.407 e. The van der Waals surface area contributed by atoms with Crippen LogP contribution in [-0.4, -0.2) is 58.2 Å². The predicted molar refractivity (Wildman–Crippen MR) is 165 cm³/mol. The zero-order valence-corrected chi connectivity index (χ0v) is 24.9. The number of nitrogens with one attached hydrogen (secondary N) is 3. The normalized spacial score (nSPS) is 12.7. The Labute approximate surface area is 258 Å². The molecule has 0 aliphatic rings. The van der Waals surface area contributed by atoms with Crippen molar-refractivity contribution >= 4 is 30.1 Å². The van der Waals surface area contributed by atoms with E-state index >= 15 is 0 Å². The molecule has 234 valence electrons. The number of hydrogen-bond acceptors (Lipinski definition) is 7. The van der Waals surface area contributed by atoms with Gasteiger partial charge >= 0.3 is 6.09 Å². The summed E-state index contributed by atoms with van der Waals surface area (Å²) in [5.74, 6) is -1.32. The summed E-state index contributed by atoms with van der Waals surface area (Å²) in [4.78, 5) is 54.3. The van der Waals surface area contributed by atoms with Crippen LogP contribution in [0.3, 0.4) is 0 Å². The standard InChI is InChI=1S/C33H41N5O6/c1-25(38(43)24-39)28(18-12-17-26-13-4-2-5-14-26)31(40)36-29(32(41)37-30-20-9-11-21-34-30)19-8-10-22-35-33(42)44-23-27-15-6-3-7-16-27/h2-7,9,11,13-16,20-21,24-25,28-29,43H,8,10,12,17-19,22-23H2,1H3,(H,35,42)(H,36,40)(H,34,37,41)/t25-,28+,29-/m0/s1. The fourth-order valence-electron chi connectivity index (χ4n) is 4.68. The average molecular weight is 604 g/mol. The Bertz CT molecular complexity index is 1300. The van der Waals surface area contributed by atoms with Crippen molar-refractivity contribution in [1.82, 2.24) is 20.7 Å².